The molecule has 8 atom stereocenters. The molecule has 1 heterocycles. The number of carbonyl (C=O) groups excluding carboxylic acids is 2. The lowest BCUT2D eigenvalue weighted by Gasteiger charge is -2.41. The van der Waals surface area contributed by atoms with Crippen LogP contribution < -0.4 is 5.32 Å². The molecular formula is C56H99NO10. The third kappa shape index (κ3) is 33.5. The molecule has 0 aromatic carbocycles. The van der Waals surface area contributed by atoms with E-state index in [1.54, 1.807) is 6.08 Å². The Labute approximate surface area is 408 Å². The van der Waals surface area contributed by atoms with E-state index in [4.69, 9.17) is 14.2 Å². The molecule has 0 aromatic heterocycles. The van der Waals surface area contributed by atoms with E-state index in [-0.39, 0.29) is 19.4 Å². The molecule has 8 unspecified atom stereocenters. The van der Waals surface area contributed by atoms with Gasteiger partial charge in [0.1, 0.15) is 24.4 Å². The first-order valence-corrected chi connectivity index (χ1v) is 27.1. The van der Waals surface area contributed by atoms with Gasteiger partial charge in [-0.2, -0.15) is 0 Å². The summed E-state index contributed by atoms with van der Waals surface area (Å²) in [5.74, 6) is -1.23. The van der Waals surface area contributed by atoms with Gasteiger partial charge in [0.15, 0.2) is 12.4 Å². The van der Waals surface area contributed by atoms with Gasteiger partial charge < -0.3 is 45.1 Å². The normalized spacial score (nSPS) is 20.5. The Morgan fingerprint density at radius 3 is 1.63 bits per heavy atom. The highest BCUT2D eigenvalue weighted by Crippen LogP contribution is 2.26. The maximum atomic E-state index is 13.3. The highest BCUT2D eigenvalue weighted by Gasteiger charge is 2.47. The predicted molar refractivity (Wildman–Crippen MR) is 273 cm³/mol. The molecule has 0 spiro atoms. The zero-order valence-corrected chi connectivity index (χ0v) is 42.5. The fraction of sp³-hybridized carbons (Fsp3) is 0.786. The van der Waals surface area contributed by atoms with Gasteiger partial charge >= 0.3 is 5.97 Å². The Morgan fingerprint density at radius 2 is 1.04 bits per heavy atom. The van der Waals surface area contributed by atoms with Gasteiger partial charge in [-0.3, -0.25) is 9.59 Å². The van der Waals surface area contributed by atoms with Crippen LogP contribution in [0.4, 0.5) is 0 Å². The Morgan fingerprint density at radius 1 is 0.582 bits per heavy atom. The van der Waals surface area contributed by atoms with Crippen molar-refractivity contribution in [3.05, 3.63) is 60.8 Å². The van der Waals surface area contributed by atoms with Crippen molar-refractivity contribution in [2.24, 2.45) is 0 Å². The van der Waals surface area contributed by atoms with Crippen LogP contribution in [-0.4, -0.2) is 99.6 Å². The van der Waals surface area contributed by atoms with Crippen LogP contribution in [0.3, 0.4) is 0 Å². The molecule has 0 saturated carbocycles. The quantitative estimate of drug-likeness (QED) is 0.0196. The highest BCUT2D eigenvalue weighted by molar-refractivity contribution is 5.80. The van der Waals surface area contributed by atoms with Crippen LogP contribution in [0.1, 0.15) is 220 Å². The Bertz CT molecular complexity index is 1320. The summed E-state index contributed by atoms with van der Waals surface area (Å²) >= 11 is 0. The second kappa shape index (κ2) is 44.6. The maximum absolute atomic E-state index is 13.3. The monoisotopic (exact) mass is 946 g/mol. The van der Waals surface area contributed by atoms with Crippen LogP contribution in [0.5, 0.6) is 0 Å². The molecule has 1 saturated heterocycles. The third-order valence-corrected chi connectivity index (χ3v) is 12.4. The maximum Gasteiger partial charge on any atom is 0.306 e. The van der Waals surface area contributed by atoms with Crippen LogP contribution in [0.15, 0.2) is 60.8 Å². The molecule has 0 bridgehead atoms. The fourth-order valence-electron chi connectivity index (χ4n) is 7.99. The van der Waals surface area contributed by atoms with Crippen LogP contribution in [0.25, 0.3) is 0 Å². The van der Waals surface area contributed by atoms with Gasteiger partial charge in [0.2, 0.25) is 5.91 Å². The summed E-state index contributed by atoms with van der Waals surface area (Å²) in [4.78, 5) is 26.3. The van der Waals surface area contributed by atoms with E-state index in [1.165, 1.54) is 77.0 Å². The Kier molecular flexibility index (Phi) is 41.5. The van der Waals surface area contributed by atoms with Crippen molar-refractivity contribution < 1.29 is 49.3 Å². The van der Waals surface area contributed by atoms with Crippen molar-refractivity contribution in [3.63, 3.8) is 0 Å². The molecule has 0 aromatic rings. The molecule has 6 N–H and O–H groups in total. The largest absolute Gasteiger partial charge is 0.454 e. The molecule has 11 nitrogen and oxygen atoms in total. The molecule has 1 amide bonds. The lowest BCUT2D eigenvalue weighted by atomic mass is 9.99. The second-order valence-electron chi connectivity index (χ2n) is 18.6. The number of nitrogens with one attached hydrogen (secondary N) is 1. The summed E-state index contributed by atoms with van der Waals surface area (Å²) in [5.41, 5.74) is 0. The van der Waals surface area contributed by atoms with E-state index >= 15 is 0 Å². The SMILES string of the molecule is CCCC/C=C\CCCCCCCC(=O)OC1C(OCC(NC(=O)C(O)CCCCC/C=C\C/C=C\C/C=C\CCCCC)C(O)/C=C/CCCCCCCCCCC)OC(CO)C(O)C1O. The van der Waals surface area contributed by atoms with E-state index in [9.17, 15) is 35.1 Å². The van der Waals surface area contributed by atoms with Gasteiger partial charge in [0, 0.05) is 6.42 Å². The van der Waals surface area contributed by atoms with Gasteiger partial charge in [-0.1, -0.05) is 191 Å². The summed E-state index contributed by atoms with van der Waals surface area (Å²) in [5, 5.41) is 56.6. The molecule has 0 aliphatic carbocycles. The van der Waals surface area contributed by atoms with Gasteiger partial charge in [-0.05, 0) is 83.5 Å². The van der Waals surface area contributed by atoms with Gasteiger partial charge in [0.25, 0.3) is 0 Å². The molecule has 1 fully saturated rings. The van der Waals surface area contributed by atoms with Crippen molar-refractivity contribution in [1.82, 2.24) is 5.32 Å². The van der Waals surface area contributed by atoms with E-state index in [1.807, 2.05) is 6.08 Å². The van der Waals surface area contributed by atoms with Crippen LogP contribution in [-0.2, 0) is 23.8 Å². The molecular weight excluding hydrogens is 847 g/mol. The number of unbranched alkanes of at least 4 members (excludes halogenated alkanes) is 22. The molecule has 388 valence electrons. The van der Waals surface area contributed by atoms with E-state index in [0.29, 0.717) is 12.8 Å². The number of amides is 1. The van der Waals surface area contributed by atoms with Crippen LogP contribution in [0.2, 0.25) is 0 Å². The van der Waals surface area contributed by atoms with Crippen molar-refractivity contribution in [1.29, 1.82) is 0 Å². The molecule has 1 aliphatic rings. The number of hydrogen-bond acceptors (Lipinski definition) is 10. The van der Waals surface area contributed by atoms with Crippen LogP contribution >= 0.6 is 0 Å². The van der Waals surface area contributed by atoms with Gasteiger partial charge in [-0.15, -0.1) is 0 Å². The number of aliphatic hydroxyl groups is 5. The highest BCUT2D eigenvalue weighted by atomic mass is 16.7. The number of aliphatic hydroxyl groups excluding tert-OH is 5. The first-order chi connectivity index (χ1) is 32.7. The third-order valence-electron chi connectivity index (χ3n) is 12.4. The van der Waals surface area contributed by atoms with E-state index in [0.717, 1.165) is 96.3 Å². The molecule has 67 heavy (non-hydrogen) atoms. The summed E-state index contributed by atoms with van der Waals surface area (Å²) < 4.78 is 17.5. The summed E-state index contributed by atoms with van der Waals surface area (Å²) in [7, 11) is 0. The average Bonchev–Trinajstić information content (AvgIpc) is 3.32. The first-order valence-electron chi connectivity index (χ1n) is 27.1. The van der Waals surface area contributed by atoms with Crippen molar-refractivity contribution in [2.75, 3.05) is 13.2 Å². The van der Waals surface area contributed by atoms with Gasteiger partial charge in [0.05, 0.1) is 25.4 Å². The minimum atomic E-state index is -1.62. The average molecular weight is 946 g/mol. The number of hydrogen-bond donors (Lipinski definition) is 6. The topological polar surface area (TPSA) is 175 Å². The lowest BCUT2D eigenvalue weighted by Crippen LogP contribution is -2.61. The first kappa shape index (κ1) is 62.4. The van der Waals surface area contributed by atoms with Crippen molar-refractivity contribution in [2.45, 2.75) is 269 Å². The number of rotatable bonds is 44. The smallest absolute Gasteiger partial charge is 0.306 e. The van der Waals surface area contributed by atoms with Crippen LogP contribution in [0, 0.1) is 0 Å². The number of allylic oxidation sites excluding steroid dienone is 9. The lowest BCUT2D eigenvalue weighted by molar-refractivity contribution is -0.305. The predicted octanol–water partition coefficient (Wildman–Crippen LogP) is 11.5. The Hall–Kier alpha value is -2.64. The van der Waals surface area contributed by atoms with Crippen molar-refractivity contribution >= 4 is 11.9 Å². The van der Waals surface area contributed by atoms with Gasteiger partial charge in [-0.25, -0.2) is 0 Å². The molecule has 1 aliphatic heterocycles. The minimum absolute atomic E-state index is 0.108. The summed E-state index contributed by atoms with van der Waals surface area (Å²) in [6.45, 7) is 5.66. The zero-order valence-electron chi connectivity index (χ0n) is 42.5. The van der Waals surface area contributed by atoms with E-state index < -0.39 is 67.4 Å². The molecule has 1 rings (SSSR count). The Balaban J connectivity index is 2.78. The minimum Gasteiger partial charge on any atom is -0.454 e. The number of carbonyl (C=O) groups is 2. The van der Waals surface area contributed by atoms with E-state index in [2.05, 4.69) is 74.7 Å². The standard InChI is InChI=1S/C56H99NO10/c1-4-7-10-13-16-19-22-23-24-25-26-29-31-34-37-40-43-49(60)55(64)57-47(48(59)42-39-36-33-30-27-20-17-14-11-8-5-2)46-65-56-54(53(63)52(62)50(45-58)66-56)67-51(61)44-41-38-35-32-28-21-18-15-12-9-6-3/h15-16,18-19,23-24,26,29,39,42,47-50,52-54,56,58-60,62-63H,4-14,17,20-22,25,27-28,30-38,40-41,43-46H2,1-3H3,(H,57,64)/b18-15-,19-16-,24-23-,29-26-,42-39+. The fourth-order valence-corrected chi connectivity index (χ4v) is 7.99. The summed E-state index contributed by atoms with van der Waals surface area (Å²) in [6, 6.07) is -1.04. The zero-order chi connectivity index (χ0) is 49.0. The number of esters is 1. The second-order valence-corrected chi connectivity index (χ2v) is 18.6. The molecule has 11 heteroatoms. The van der Waals surface area contributed by atoms with Crippen molar-refractivity contribution in [3.8, 4) is 0 Å². The summed E-state index contributed by atoms with van der Waals surface area (Å²) in [6.07, 6.45) is 42.7. The number of ether oxygens (including phenoxy) is 3. The molecule has 0 radical (unpaired) electrons.